The molecule has 0 unspecified atom stereocenters. The van der Waals surface area contributed by atoms with Gasteiger partial charge in [-0.05, 0) is 36.4 Å². The fourth-order valence-electron chi connectivity index (χ4n) is 2.01. The lowest BCUT2D eigenvalue weighted by atomic mass is 10.2. The van der Waals surface area contributed by atoms with E-state index in [0.29, 0.717) is 30.2 Å². The van der Waals surface area contributed by atoms with E-state index >= 15 is 0 Å². The molecule has 0 spiro atoms. The molecule has 1 amide bonds. The van der Waals surface area contributed by atoms with E-state index in [1.54, 1.807) is 32.4 Å². The normalized spacial score (nSPS) is 10.0. The van der Waals surface area contributed by atoms with Crippen molar-refractivity contribution in [2.24, 2.45) is 0 Å². The van der Waals surface area contributed by atoms with E-state index in [9.17, 15) is 4.79 Å². The third-order valence-corrected chi connectivity index (χ3v) is 3.73. The molecular formula is C17H19BrN2O3. The summed E-state index contributed by atoms with van der Waals surface area (Å²) in [5.41, 5.74) is 1.57. The molecule has 0 aliphatic carbocycles. The van der Waals surface area contributed by atoms with E-state index in [0.717, 1.165) is 10.2 Å². The van der Waals surface area contributed by atoms with Gasteiger partial charge in [0.15, 0.2) is 0 Å². The molecule has 0 aliphatic rings. The number of hydrogen-bond acceptors (Lipinski definition) is 4. The molecule has 0 bridgehead atoms. The van der Waals surface area contributed by atoms with E-state index in [-0.39, 0.29) is 5.91 Å². The monoisotopic (exact) mass is 378 g/mol. The van der Waals surface area contributed by atoms with Crippen molar-refractivity contribution in [3.63, 3.8) is 0 Å². The molecule has 2 aromatic carbocycles. The van der Waals surface area contributed by atoms with E-state index < -0.39 is 0 Å². The molecule has 5 nitrogen and oxygen atoms in total. The van der Waals surface area contributed by atoms with Crippen molar-refractivity contribution in [1.82, 2.24) is 0 Å². The summed E-state index contributed by atoms with van der Waals surface area (Å²) >= 11 is 3.39. The molecule has 0 radical (unpaired) electrons. The van der Waals surface area contributed by atoms with Crippen LogP contribution in [0.5, 0.6) is 11.5 Å². The standard InChI is InChI=1S/C17H19BrN2O3/c1-22-14-7-8-16(23-2)15(11-14)20-17(21)9-10-19-13-5-3-12(18)4-6-13/h3-8,11,19H,9-10H2,1-2H3,(H,20,21). The predicted octanol–water partition coefficient (Wildman–Crippen LogP) is 3.91. The highest BCUT2D eigenvalue weighted by molar-refractivity contribution is 9.10. The Balaban J connectivity index is 1.88. The van der Waals surface area contributed by atoms with Gasteiger partial charge in [-0.1, -0.05) is 15.9 Å². The van der Waals surface area contributed by atoms with Crippen molar-refractivity contribution in [3.8, 4) is 11.5 Å². The van der Waals surface area contributed by atoms with Crippen LogP contribution in [0.3, 0.4) is 0 Å². The Morgan fingerprint density at radius 1 is 1.09 bits per heavy atom. The Morgan fingerprint density at radius 3 is 2.48 bits per heavy atom. The summed E-state index contributed by atoms with van der Waals surface area (Å²) in [5.74, 6) is 1.16. The van der Waals surface area contributed by atoms with Crippen LogP contribution in [0.1, 0.15) is 6.42 Å². The highest BCUT2D eigenvalue weighted by Gasteiger charge is 2.09. The Bertz CT molecular complexity index is 659. The molecule has 0 aromatic heterocycles. The van der Waals surface area contributed by atoms with Crippen molar-refractivity contribution in [3.05, 3.63) is 46.9 Å². The van der Waals surface area contributed by atoms with Gasteiger partial charge in [-0.3, -0.25) is 4.79 Å². The third kappa shape index (κ3) is 5.17. The second-order valence-corrected chi connectivity index (χ2v) is 5.71. The maximum absolute atomic E-state index is 12.1. The highest BCUT2D eigenvalue weighted by atomic mass is 79.9. The van der Waals surface area contributed by atoms with Crippen LogP contribution < -0.4 is 20.1 Å². The van der Waals surface area contributed by atoms with Gasteiger partial charge in [0, 0.05) is 29.2 Å². The summed E-state index contributed by atoms with van der Waals surface area (Å²) in [6, 6.07) is 13.1. The molecule has 2 aromatic rings. The van der Waals surface area contributed by atoms with Crippen LogP contribution in [-0.4, -0.2) is 26.7 Å². The average Bonchev–Trinajstić information content (AvgIpc) is 2.56. The second-order valence-electron chi connectivity index (χ2n) is 4.80. The Kier molecular flexibility index (Phi) is 6.29. The predicted molar refractivity (Wildman–Crippen MR) is 95.4 cm³/mol. The van der Waals surface area contributed by atoms with Crippen LogP contribution in [0.15, 0.2) is 46.9 Å². The summed E-state index contributed by atoms with van der Waals surface area (Å²) in [5, 5.41) is 6.04. The SMILES string of the molecule is COc1ccc(OC)c(NC(=O)CCNc2ccc(Br)cc2)c1. The van der Waals surface area contributed by atoms with Crippen molar-refractivity contribution < 1.29 is 14.3 Å². The summed E-state index contributed by atoms with van der Waals surface area (Å²) < 4.78 is 11.4. The lowest BCUT2D eigenvalue weighted by molar-refractivity contribution is -0.115. The Morgan fingerprint density at radius 2 is 1.83 bits per heavy atom. The largest absolute Gasteiger partial charge is 0.497 e. The van der Waals surface area contributed by atoms with Gasteiger partial charge < -0.3 is 20.1 Å². The van der Waals surface area contributed by atoms with Crippen LogP contribution in [0.25, 0.3) is 0 Å². The van der Waals surface area contributed by atoms with Crippen molar-refractivity contribution in [2.45, 2.75) is 6.42 Å². The zero-order valence-corrected chi connectivity index (χ0v) is 14.6. The second kappa shape index (κ2) is 8.43. The minimum absolute atomic E-state index is 0.0961. The lowest BCUT2D eigenvalue weighted by Crippen LogP contribution is -2.16. The minimum atomic E-state index is -0.0961. The molecule has 2 N–H and O–H groups in total. The highest BCUT2D eigenvalue weighted by Crippen LogP contribution is 2.28. The first-order valence-electron chi connectivity index (χ1n) is 7.13. The van der Waals surface area contributed by atoms with E-state index in [1.807, 2.05) is 24.3 Å². The van der Waals surface area contributed by atoms with Gasteiger partial charge in [0.25, 0.3) is 0 Å². The number of halogens is 1. The van der Waals surface area contributed by atoms with E-state index in [4.69, 9.17) is 9.47 Å². The molecule has 0 heterocycles. The number of methoxy groups -OCH3 is 2. The molecule has 6 heteroatoms. The fourth-order valence-corrected chi connectivity index (χ4v) is 2.28. The number of benzene rings is 2. The van der Waals surface area contributed by atoms with Crippen molar-refractivity contribution in [1.29, 1.82) is 0 Å². The van der Waals surface area contributed by atoms with Crippen LogP contribution in [0, 0.1) is 0 Å². The number of amides is 1. The molecule has 0 saturated heterocycles. The van der Waals surface area contributed by atoms with Crippen LogP contribution >= 0.6 is 15.9 Å². The molecule has 2 rings (SSSR count). The lowest BCUT2D eigenvalue weighted by Gasteiger charge is -2.12. The number of carbonyl (C=O) groups excluding carboxylic acids is 1. The molecule has 122 valence electrons. The fraction of sp³-hybridized carbons (Fsp3) is 0.235. The average molecular weight is 379 g/mol. The van der Waals surface area contributed by atoms with Gasteiger partial charge in [0.2, 0.25) is 5.91 Å². The first-order chi connectivity index (χ1) is 11.1. The van der Waals surface area contributed by atoms with Crippen molar-refractivity contribution >= 4 is 33.2 Å². The molecule has 0 atom stereocenters. The molecular weight excluding hydrogens is 360 g/mol. The van der Waals surface area contributed by atoms with Crippen LogP contribution in [-0.2, 0) is 4.79 Å². The molecule has 23 heavy (non-hydrogen) atoms. The van der Waals surface area contributed by atoms with E-state index in [1.165, 1.54) is 0 Å². The number of hydrogen-bond donors (Lipinski definition) is 2. The maximum Gasteiger partial charge on any atom is 0.226 e. The zero-order valence-electron chi connectivity index (χ0n) is 13.1. The quantitative estimate of drug-likeness (QED) is 0.766. The molecule has 0 fully saturated rings. The van der Waals surface area contributed by atoms with Crippen LogP contribution in [0.2, 0.25) is 0 Å². The smallest absolute Gasteiger partial charge is 0.226 e. The zero-order chi connectivity index (χ0) is 16.7. The van der Waals surface area contributed by atoms with Gasteiger partial charge in [-0.15, -0.1) is 0 Å². The number of rotatable bonds is 7. The summed E-state index contributed by atoms with van der Waals surface area (Å²) in [4.78, 5) is 12.1. The summed E-state index contributed by atoms with van der Waals surface area (Å²) in [6.07, 6.45) is 0.344. The van der Waals surface area contributed by atoms with Gasteiger partial charge in [0.1, 0.15) is 11.5 Å². The third-order valence-electron chi connectivity index (χ3n) is 3.21. The van der Waals surface area contributed by atoms with Crippen molar-refractivity contribution in [2.75, 3.05) is 31.4 Å². The summed E-state index contributed by atoms with van der Waals surface area (Å²) in [6.45, 7) is 0.541. The first-order valence-corrected chi connectivity index (χ1v) is 7.93. The molecule has 0 aliphatic heterocycles. The number of carbonyl (C=O) groups is 1. The number of nitrogens with one attached hydrogen (secondary N) is 2. The van der Waals surface area contributed by atoms with E-state index in [2.05, 4.69) is 26.6 Å². The Labute approximate surface area is 144 Å². The Hall–Kier alpha value is -2.21. The number of ether oxygens (including phenoxy) is 2. The van der Waals surface area contributed by atoms with Gasteiger partial charge in [0.05, 0.1) is 19.9 Å². The van der Waals surface area contributed by atoms with Gasteiger partial charge >= 0.3 is 0 Å². The van der Waals surface area contributed by atoms with Gasteiger partial charge in [-0.25, -0.2) is 0 Å². The first kappa shape index (κ1) is 17.1. The summed E-state index contributed by atoms with van der Waals surface area (Å²) in [7, 11) is 3.14. The maximum atomic E-state index is 12.1. The van der Waals surface area contributed by atoms with Gasteiger partial charge in [-0.2, -0.15) is 0 Å². The minimum Gasteiger partial charge on any atom is -0.497 e. The topological polar surface area (TPSA) is 59.6 Å². The van der Waals surface area contributed by atoms with Crippen LogP contribution in [0.4, 0.5) is 11.4 Å². The molecule has 0 saturated carbocycles. The number of anilines is 2.